The highest BCUT2D eigenvalue weighted by molar-refractivity contribution is 7.90. The smallest absolute Gasteiger partial charge is 0.243 e. The third-order valence-electron chi connectivity index (χ3n) is 2.38. The number of hydrogen-bond donors (Lipinski definition) is 1. The molecule has 0 amide bonds. The summed E-state index contributed by atoms with van der Waals surface area (Å²) in [6, 6.07) is 6.10. The fourth-order valence-corrected chi connectivity index (χ4v) is 2.21. The highest BCUT2D eigenvalue weighted by Crippen LogP contribution is 2.28. The van der Waals surface area contributed by atoms with Crippen molar-refractivity contribution in [1.82, 2.24) is 9.97 Å². The Kier molecular flexibility index (Phi) is 4.10. The predicted octanol–water partition coefficient (Wildman–Crippen LogP) is 2.37. The van der Waals surface area contributed by atoms with Crippen LogP contribution in [0, 0.1) is 0 Å². The van der Waals surface area contributed by atoms with E-state index in [1.165, 1.54) is 18.3 Å². The van der Waals surface area contributed by atoms with E-state index in [0.717, 1.165) is 6.26 Å². The lowest BCUT2D eigenvalue weighted by Gasteiger charge is -2.08. The minimum absolute atomic E-state index is 0.150. The van der Waals surface area contributed by atoms with Gasteiger partial charge in [-0.2, -0.15) is 4.98 Å². The molecule has 6 nitrogen and oxygen atoms in total. The van der Waals surface area contributed by atoms with Crippen LogP contribution in [0.1, 0.15) is 0 Å². The molecule has 0 spiro atoms. The van der Waals surface area contributed by atoms with Gasteiger partial charge in [-0.25, -0.2) is 13.4 Å². The summed E-state index contributed by atoms with van der Waals surface area (Å²) in [6.45, 7) is 0. The van der Waals surface area contributed by atoms with E-state index in [1.807, 2.05) is 0 Å². The van der Waals surface area contributed by atoms with Gasteiger partial charge in [0.2, 0.25) is 11.8 Å². The van der Waals surface area contributed by atoms with E-state index in [0.29, 0.717) is 11.7 Å². The Morgan fingerprint density at radius 3 is 2.75 bits per heavy atom. The zero-order chi connectivity index (χ0) is 14.8. The molecule has 2 rings (SSSR count). The number of anilines is 1. The number of rotatable bonds is 4. The highest BCUT2D eigenvalue weighted by Gasteiger charge is 2.11. The van der Waals surface area contributed by atoms with Crippen molar-refractivity contribution in [1.29, 1.82) is 0 Å². The Bertz CT molecular complexity index is 734. The Morgan fingerprint density at radius 1 is 1.35 bits per heavy atom. The van der Waals surface area contributed by atoms with Crippen LogP contribution in [0.2, 0.25) is 5.02 Å². The van der Waals surface area contributed by atoms with Crippen molar-refractivity contribution >= 4 is 27.4 Å². The van der Waals surface area contributed by atoms with Gasteiger partial charge in [0.05, 0.1) is 11.1 Å². The average molecular weight is 314 g/mol. The van der Waals surface area contributed by atoms with E-state index < -0.39 is 9.84 Å². The van der Waals surface area contributed by atoms with Crippen LogP contribution in [-0.4, -0.2) is 31.7 Å². The van der Waals surface area contributed by atoms with Gasteiger partial charge in [0, 0.05) is 13.3 Å². The fraction of sp³-hybridized carbons (Fsp3) is 0.167. The van der Waals surface area contributed by atoms with E-state index in [-0.39, 0.29) is 15.8 Å². The van der Waals surface area contributed by atoms with Gasteiger partial charge < -0.3 is 10.1 Å². The maximum Gasteiger partial charge on any atom is 0.243 e. The molecule has 8 heteroatoms. The third kappa shape index (κ3) is 3.37. The molecule has 0 unspecified atom stereocenters. The van der Waals surface area contributed by atoms with Crippen molar-refractivity contribution in [3.63, 3.8) is 0 Å². The van der Waals surface area contributed by atoms with E-state index in [4.69, 9.17) is 16.3 Å². The van der Waals surface area contributed by atoms with Crippen molar-refractivity contribution < 1.29 is 13.2 Å². The van der Waals surface area contributed by atoms with Crippen LogP contribution in [0.4, 0.5) is 5.95 Å². The van der Waals surface area contributed by atoms with Gasteiger partial charge in [-0.1, -0.05) is 17.7 Å². The minimum Gasteiger partial charge on any atom is -0.437 e. The first kappa shape index (κ1) is 14.5. The molecule has 106 valence electrons. The number of aromatic nitrogens is 2. The molecule has 1 aromatic heterocycles. The number of hydrogen-bond acceptors (Lipinski definition) is 6. The van der Waals surface area contributed by atoms with Gasteiger partial charge in [0.15, 0.2) is 9.84 Å². The number of halogens is 1. The molecule has 0 fully saturated rings. The van der Waals surface area contributed by atoms with Crippen LogP contribution >= 0.6 is 11.6 Å². The maximum atomic E-state index is 11.5. The number of benzene rings is 1. The van der Waals surface area contributed by atoms with Crippen LogP contribution in [0.3, 0.4) is 0 Å². The minimum atomic E-state index is -3.30. The molecule has 0 aliphatic heterocycles. The summed E-state index contributed by atoms with van der Waals surface area (Å²) in [5.74, 6) is 0.830. The van der Waals surface area contributed by atoms with E-state index in [1.54, 1.807) is 19.2 Å². The Labute approximate surface area is 121 Å². The summed E-state index contributed by atoms with van der Waals surface area (Å²) in [4.78, 5) is 8.14. The summed E-state index contributed by atoms with van der Waals surface area (Å²) in [6.07, 6.45) is 2.53. The Hall–Kier alpha value is -1.86. The topological polar surface area (TPSA) is 81.2 Å². The van der Waals surface area contributed by atoms with E-state index >= 15 is 0 Å². The molecule has 2 aromatic rings. The molecule has 1 N–H and O–H groups in total. The van der Waals surface area contributed by atoms with Crippen LogP contribution in [0.5, 0.6) is 11.6 Å². The first-order chi connectivity index (χ1) is 9.40. The van der Waals surface area contributed by atoms with Crippen LogP contribution in [0.25, 0.3) is 0 Å². The van der Waals surface area contributed by atoms with E-state index in [9.17, 15) is 8.42 Å². The van der Waals surface area contributed by atoms with Gasteiger partial charge in [0.25, 0.3) is 0 Å². The Balaban J connectivity index is 2.35. The van der Waals surface area contributed by atoms with Crippen LogP contribution in [-0.2, 0) is 9.84 Å². The monoisotopic (exact) mass is 313 g/mol. The molecular weight excluding hydrogens is 302 g/mol. The van der Waals surface area contributed by atoms with Crippen LogP contribution < -0.4 is 10.1 Å². The second kappa shape index (κ2) is 5.64. The molecule has 20 heavy (non-hydrogen) atoms. The number of nitrogens with zero attached hydrogens (tertiary/aromatic N) is 2. The first-order valence-electron chi connectivity index (χ1n) is 5.58. The molecule has 0 bridgehead atoms. The van der Waals surface area contributed by atoms with Crippen molar-refractivity contribution in [2.45, 2.75) is 4.90 Å². The number of sulfone groups is 1. The SMILES string of the molecule is CNc1ncc(Cl)c(Oc2cccc(S(C)(=O)=O)c2)n1. The third-order valence-corrected chi connectivity index (χ3v) is 3.75. The normalized spacial score (nSPS) is 11.2. The number of ether oxygens (including phenoxy) is 1. The highest BCUT2D eigenvalue weighted by atomic mass is 35.5. The lowest BCUT2D eigenvalue weighted by Crippen LogP contribution is -2.00. The molecule has 1 heterocycles. The lowest BCUT2D eigenvalue weighted by molar-refractivity contribution is 0.461. The summed E-state index contributed by atoms with van der Waals surface area (Å²) in [5.41, 5.74) is 0. The predicted molar refractivity (Wildman–Crippen MR) is 76.2 cm³/mol. The molecule has 1 aromatic carbocycles. The van der Waals surface area contributed by atoms with Crippen molar-refractivity contribution in [2.24, 2.45) is 0 Å². The largest absolute Gasteiger partial charge is 0.437 e. The molecule has 0 saturated carbocycles. The number of nitrogens with one attached hydrogen (secondary N) is 1. The van der Waals surface area contributed by atoms with E-state index in [2.05, 4.69) is 15.3 Å². The molecule has 0 aliphatic rings. The van der Waals surface area contributed by atoms with Crippen molar-refractivity contribution in [2.75, 3.05) is 18.6 Å². The zero-order valence-corrected chi connectivity index (χ0v) is 12.4. The maximum absolute atomic E-state index is 11.5. The van der Waals surface area contributed by atoms with Crippen LogP contribution in [0.15, 0.2) is 35.4 Å². The second-order valence-corrected chi connectivity index (χ2v) is 6.37. The van der Waals surface area contributed by atoms with Crippen molar-refractivity contribution in [3.8, 4) is 11.6 Å². The van der Waals surface area contributed by atoms with Gasteiger partial charge in [-0.05, 0) is 18.2 Å². The van der Waals surface area contributed by atoms with Crippen molar-refractivity contribution in [3.05, 3.63) is 35.5 Å². The first-order valence-corrected chi connectivity index (χ1v) is 7.85. The second-order valence-electron chi connectivity index (χ2n) is 3.95. The summed E-state index contributed by atoms with van der Waals surface area (Å²) in [5, 5.41) is 2.99. The lowest BCUT2D eigenvalue weighted by atomic mass is 10.3. The molecule has 0 radical (unpaired) electrons. The molecular formula is C12H12ClN3O3S. The molecule has 0 atom stereocenters. The molecule has 0 aliphatic carbocycles. The summed E-state index contributed by atoms with van der Waals surface area (Å²) < 4.78 is 28.5. The van der Waals surface area contributed by atoms with Gasteiger partial charge in [-0.3, -0.25) is 0 Å². The standard InChI is InChI=1S/C12H12ClN3O3S/c1-14-12-15-7-10(13)11(16-12)19-8-4-3-5-9(6-8)20(2,17)18/h3-7H,1-2H3,(H,14,15,16). The Morgan fingerprint density at radius 2 is 2.10 bits per heavy atom. The van der Waals surface area contributed by atoms with Gasteiger partial charge in [-0.15, -0.1) is 0 Å². The van der Waals surface area contributed by atoms with Gasteiger partial charge in [0.1, 0.15) is 10.8 Å². The zero-order valence-electron chi connectivity index (χ0n) is 10.8. The summed E-state index contributed by atoms with van der Waals surface area (Å²) in [7, 11) is -1.63. The quantitative estimate of drug-likeness (QED) is 0.933. The fourth-order valence-electron chi connectivity index (χ4n) is 1.42. The molecule has 0 saturated heterocycles. The summed E-state index contributed by atoms with van der Waals surface area (Å²) >= 11 is 5.94. The van der Waals surface area contributed by atoms with Gasteiger partial charge >= 0.3 is 0 Å². The average Bonchev–Trinajstić information content (AvgIpc) is 2.41.